The monoisotopic (exact) mass is 300 g/mol. The van der Waals surface area contributed by atoms with Gasteiger partial charge in [0.25, 0.3) is 0 Å². The average molecular weight is 300 g/mol. The van der Waals surface area contributed by atoms with Gasteiger partial charge in [-0.1, -0.05) is 62.9 Å². The van der Waals surface area contributed by atoms with Gasteiger partial charge in [0, 0.05) is 12.1 Å². The van der Waals surface area contributed by atoms with E-state index in [1.807, 2.05) is 18.2 Å². The summed E-state index contributed by atoms with van der Waals surface area (Å²) in [6.07, 6.45) is 6.55. The second-order valence-corrected chi connectivity index (χ2v) is 5.64. The fourth-order valence-corrected chi connectivity index (χ4v) is 2.52. The van der Waals surface area contributed by atoms with Crippen molar-refractivity contribution in [3.05, 3.63) is 36.0 Å². The van der Waals surface area contributed by atoms with Crippen LogP contribution in [0.4, 0.5) is 0 Å². The molecule has 0 saturated carbocycles. The Morgan fingerprint density at radius 2 is 1.73 bits per heavy atom. The lowest BCUT2D eigenvalue weighted by Crippen LogP contribution is -2.15. The maximum atomic E-state index is 4.60. The van der Waals surface area contributed by atoms with Crippen molar-refractivity contribution in [1.29, 1.82) is 0 Å². The number of benzene rings is 1. The van der Waals surface area contributed by atoms with Crippen LogP contribution in [0, 0.1) is 0 Å². The van der Waals surface area contributed by atoms with Crippen LogP contribution in [0.5, 0.6) is 0 Å². The van der Waals surface area contributed by atoms with Gasteiger partial charge in [-0.15, -0.1) is 0 Å². The van der Waals surface area contributed by atoms with Crippen molar-refractivity contribution in [2.24, 2.45) is 0 Å². The Bertz CT molecular complexity index is 533. The molecular weight excluding hydrogens is 272 g/mol. The smallest absolute Gasteiger partial charge is 0.117 e. The zero-order chi connectivity index (χ0) is 15.6. The van der Waals surface area contributed by atoms with Crippen LogP contribution >= 0.6 is 0 Å². The van der Waals surface area contributed by atoms with E-state index in [-0.39, 0.29) is 0 Å². The molecule has 0 fully saturated rings. The molecule has 1 N–H and O–H groups in total. The first-order valence-corrected chi connectivity index (χ1v) is 8.55. The molecule has 0 spiro atoms. The van der Waals surface area contributed by atoms with Gasteiger partial charge in [-0.2, -0.15) is 15.0 Å². The Hall–Kier alpha value is -1.68. The summed E-state index contributed by atoms with van der Waals surface area (Å²) >= 11 is 0. The van der Waals surface area contributed by atoms with Crippen molar-refractivity contribution < 1.29 is 0 Å². The van der Waals surface area contributed by atoms with Crippen molar-refractivity contribution in [3.63, 3.8) is 0 Å². The van der Waals surface area contributed by atoms with Crippen molar-refractivity contribution in [2.45, 2.75) is 59.0 Å². The number of unbranched alkanes of at least 4 members (excludes halogenated alkanes) is 4. The number of nitrogens with one attached hydrogen (secondary N) is 1. The average Bonchev–Trinajstić information content (AvgIpc) is 2.98. The highest BCUT2D eigenvalue weighted by atomic mass is 15.5. The van der Waals surface area contributed by atoms with Gasteiger partial charge >= 0.3 is 0 Å². The molecule has 1 heterocycles. The third-order valence-electron chi connectivity index (χ3n) is 3.80. The Morgan fingerprint density at radius 3 is 2.45 bits per heavy atom. The largest absolute Gasteiger partial charge is 0.311 e. The molecule has 0 amide bonds. The predicted octanol–water partition coefficient (Wildman–Crippen LogP) is 4.03. The van der Waals surface area contributed by atoms with Crippen LogP contribution in [-0.4, -0.2) is 21.5 Å². The number of aromatic nitrogens is 3. The molecule has 0 saturated heterocycles. The lowest BCUT2D eigenvalue weighted by molar-refractivity contribution is 0.550. The first-order valence-electron chi connectivity index (χ1n) is 8.55. The third-order valence-corrected chi connectivity index (χ3v) is 3.80. The Labute approximate surface area is 133 Å². The van der Waals surface area contributed by atoms with Crippen LogP contribution in [0.2, 0.25) is 0 Å². The molecule has 0 bridgehead atoms. The van der Waals surface area contributed by atoms with Gasteiger partial charge in [0.15, 0.2) is 0 Å². The molecule has 0 aliphatic rings. The van der Waals surface area contributed by atoms with Gasteiger partial charge in [-0.25, -0.2) is 0 Å². The predicted molar refractivity (Wildman–Crippen MR) is 91.6 cm³/mol. The summed E-state index contributed by atoms with van der Waals surface area (Å²) in [5.41, 5.74) is 3.18. The molecule has 0 radical (unpaired) electrons. The van der Waals surface area contributed by atoms with Crippen molar-refractivity contribution in [3.8, 4) is 11.3 Å². The number of nitrogens with zero attached hydrogens (tertiary/aromatic N) is 3. The summed E-state index contributed by atoms with van der Waals surface area (Å²) in [5, 5.41) is 12.7. The molecule has 4 heteroatoms. The number of aryl methyl sites for hydroxylation is 1. The highest BCUT2D eigenvalue weighted by Gasteiger charge is 2.11. The molecule has 0 unspecified atom stereocenters. The second kappa shape index (κ2) is 9.36. The minimum atomic E-state index is 0.790. The quantitative estimate of drug-likeness (QED) is 0.674. The van der Waals surface area contributed by atoms with Gasteiger partial charge < -0.3 is 5.32 Å². The Morgan fingerprint density at radius 1 is 0.955 bits per heavy atom. The summed E-state index contributed by atoms with van der Waals surface area (Å²) in [7, 11) is 0. The van der Waals surface area contributed by atoms with Gasteiger partial charge in [0.1, 0.15) is 11.4 Å². The standard InChI is InChI=1S/C18H28N4/c1-3-5-6-7-11-14-19-15-17-18(21-22(4-2)20-17)16-12-9-8-10-13-16/h8-10,12-13,19H,3-7,11,14-15H2,1-2H3. The van der Waals surface area contributed by atoms with Crippen LogP contribution in [0.25, 0.3) is 11.3 Å². The van der Waals surface area contributed by atoms with E-state index in [1.165, 1.54) is 32.1 Å². The van der Waals surface area contributed by atoms with E-state index in [0.717, 1.165) is 36.6 Å². The minimum absolute atomic E-state index is 0.790. The van der Waals surface area contributed by atoms with Crippen molar-refractivity contribution >= 4 is 0 Å². The topological polar surface area (TPSA) is 42.7 Å². The molecule has 22 heavy (non-hydrogen) atoms. The van der Waals surface area contributed by atoms with Gasteiger partial charge in [-0.3, -0.25) is 0 Å². The number of rotatable bonds is 10. The zero-order valence-corrected chi connectivity index (χ0v) is 13.9. The first-order chi connectivity index (χ1) is 10.8. The van der Waals surface area contributed by atoms with E-state index in [9.17, 15) is 0 Å². The first kappa shape index (κ1) is 16.7. The van der Waals surface area contributed by atoms with Crippen molar-refractivity contribution in [2.75, 3.05) is 6.54 Å². The Kier molecular flexibility index (Phi) is 7.10. The molecule has 2 rings (SSSR count). The van der Waals surface area contributed by atoms with Crippen LogP contribution in [-0.2, 0) is 13.1 Å². The zero-order valence-electron chi connectivity index (χ0n) is 13.9. The molecular formula is C18H28N4. The molecule has 120 valence electrons. The second-order valence-electron chi connectivity index (χ2n) is 5.64. The maximum Gasteiger partial charge on any atom is 0.117 e. The molecule has 1 aromatic carbocycles. The summed E-state index contributed by atoms with van der Waals surface area (Å²) in [6.45, 7) is 6.96. The minimum Gasteiger partial charge on any atom is -0.311 e. The van der Waals surface area contributed by atoms with E-state index in [4.69, 9.17) is 0 Å². The highest BCUT2D eigenvalue weighted by molar-refractivity contribution is 5.60. The summed E-state index contributed by atoms with van der Waals surface area (Å²) < 4.78 is 0. The van der Waals surface area contributed by atoms with Gasteiger partial charge in [0.2, 0.25) is 0 Å². The Balaban J connectivity index is 1.89. The van der Waals surface area contributed by atoms with Crippen LogP contribution in [0.1, 0.15) is 51.6 Å². The third kappa shape index (κ3) is 4.95. The SMILES string of the molecule is CCCCCCCNCc1nn(CC)nc1-c1ccccc1. The van der Waals surface area contributed by atoms with Gasteiger partial charge in [0.05, 0.1) is 6.54 Å². The van der Waals surface area contributed by atoms with E-state index >= 15 is 0 Å². The normalized spacial score (nSPS) is 11.0. The van der Waals surface area contributed by atoms with Crippen LogP contribution < -0.4 is 5.32 Å². The molecule has 1 aromatic heterocycles. The van der Waals surface area contributed by atoms with Crippen LogP contribution in [0.15, 0.2) is 30.3 Å². The highest BCUT2D eigenvalue weighted by Crippen LogP contribution is 2.19. The fraction of sp³-hybridized carbons (Fsp3) is 0.556. The van der Waals surface area contributed by atoms with Gasteiger partial charge in [-0.05, 0) is 19.9 Å². The summed E-state index contributed by atoms with van der Waals surface area (Å²) in [4.78, 5) is 1.78. The molecule has 0 atom stereocenters. The van der Waals surface area contributed by atoms with E-state index < -0.39 is 0 Å². The van der Waals surface area contributed by atoms with Crippen LogP contribution in [0.3, 0.4) is 0 Å². The molecule has 0 aliphatic heterocycles. The lowest BCUT2D eigenvalue weighted by Gasteiger charge is -2.04. The number of hydrogen-bond donors (Lipinski definition) is 1. The van der Waals surface area contributed by atoms with E-state index in [0.29, 0.717) is 0 Å². The van der Waals surface area contributed by atoms with E-state index in [2.05, 4.69) is 41.5 Å². The summed E-state index contributed by atoms with van der Waals surface area (Å²) in [5.74, 6) is 0. The summed E-state index contributed by atoms with van der Waals surface area (Å²) in [6, 6.07) is 10.3. The molecule has 2 aromatic rings. The van der Waals surface area contributed by atoms with Crippen molar-refractivity contribution in [1.82, 2.24) is 20.3 Å². The van der Waals surface area contributed by atoms with E-state index in [1.54, 1.807) is 4.80 Å². The molecule has 0 aliphatic carbocycles. The molecule has 4 nitrogen and oxygen atoms in total. The lowest BCUT2D eigenvalue weighted by atomic mass is 10.1. The number of hydrogen-bond acceptors (Lipinski definition) is 3. The fourth-order valence-electron chi connectivity index (χ4n) is 2.52. The maximum absolute atomic E-state index is 4.60.